The van der Waals surface area contributed by atoms with Crippen molar-refractivity contribution in [3.05, 3.63) is 59.9 Å². The molecule has 0 radical (unpaired) electrons. The number of hydrogen-bond donors (Lipinski definition) is 4. The first-order chi connectivity index (χ1) is 18.6. The maximum Gasteiger partial charge on any atom is 0.418 e. The average Bonchev–Trinajstić information content (AvgIpc) is 3.37. The lowest BCUT2D eigenvalue weighted by Crippen LogP contribution is -2.28. The molecule has 3 rings (SSSR count). The van der Waals surface area contributed by atoms with Gasteiger partial charge in [-0.3, -0.25) is 14.9 Å². The standard InChI is InChI=1S/C28H32F3N5O4/c1-16(2)15-34-20-13-22(36-26(39)40-27(3,4)5)21(12-19(20)28(29,30)31)35-24(38)14-23(37)17-7-6-8-18(11-17)25-32-9-10-33-25/h6-13,16,34H,14-15H2,1-5H3,(H,32,33)(H,35,38)(H,36,39). The SMILES string of the molecule is CC(C)CNc1cc(NC(=O)OC(C)(C)C)c(NC(=O)CC(=O)c2cccc(-c3ncc[nH]3)c2)cc1C(F)(F)F. The number of aromatic amines is 1. The van der Waals surface area contributed by atoms with Crippen molar-refractivity contribution >= 4 is 34.8 Å². The maximum absolute atomic E-state index is 14.0. The summed E-state index contributed by atoms with van der Waals surface area (Å²) >= 11 is 0. The van der Waals surface area contributed by atoms with Crippen molar-refractivity contribution in [1.82, 2.24) is 9.97 Å². The molecule has 0 aliphatic carbocycles. The Bertz CT molecular complexity index is 1360. The lowest BCUT2D eigenvalue weighted by atomic mass is 10.0. The van der Waals surface area contributed by atoms with E-state index in [9.17, 15) is 27.6 Å². The van der Waals surface area contributed by atoms with Crippen LogP contribution in [-0.2, 0) is 15.7 Å². The van der Waals surface area contributed by atoms with Crippen LogP contribution in [0.25, 0.3) is 11.4 Å². The number of anilines is 3. The summed E-state index contributed by atoms with van der Waals surface area (Å²) in [6.45, 7) is 8.77. The van der Waals surface area contributed by atoms with Gasteiger partial charge in [0.05, 0.1) is 23.4 Å². The number of imidazole rings is 1. The second kappa shape index (κ2) is 12.2. The lowest BCUT2D eigenvalue weighted by Gasteiger charge is -2.23. The Hall–Kier alpha value is -4.35. The predicted octanol–water partition coefficient (Wildman–Crippen LogP) is 6.72. The van der Waals surface area contributed by atoms with Gasteiger partial charge in [-0.2, -0.15) is 13.2 Å². The monoisotopic (exact) mass is 559 g/mol. The number of H-pyrrole nitrogens is 1. The highest BCUT2D eigenvalue weighted by Gasteiger charge is 2.35. The van der Waals surface area contributed by atoms with Gasteiger partial charge < -0.3 is 20.4 Å². The van der Waals surface area contributed by atoms with Crippen LogP contribution in [0.4, 0.5) is 35.0 Å². The minimum Gasteiger partial charge on any atom is -0.444 e. The lowest BCUT2D eigenvalue weighted by molar-refractivity contribution is -0.137. The largest absolute Gasteiger partial charge is 0.444 e. The number of aromatic nitrogens is 2. The number of carbonyl (C=O) groups is 3. The number of ketones is 1. The van der Waals surface area contributed by atoms with E-state index in [2.05, 4.69) is 25.9 Å². The Kier molecular flexibility index (Phi) is 9.23. The first kappa shape index (κ1) is 30.2. The zero-order valence-electron chi connectivity index (χ0n) is 22.8. The normalized spacial score (nSPS) is 11.7. The molecule has 2 aromatic carbocycles. The van der Waals surface area contributed by atoms with Crippen LogP contribution < -0.4 is 16.0 Å². The van der Waals surface area contributed by atoms with E-state index in [0.29, 0.717) is 11.4 Å². The number of hydrogen-bond acceptors (Lipinski definition) is 6. The number of ether oxygens (including phenoxy) is 1. The third-order valence-electron chi connectivity index (χ3n) is 5.35. The van der Waals surface area contributed by atoms with Gasteiger partial charge in [0.1, 0.15) is 11.4 Å². The highest BCUT2D eigenvalue weighted by molar-refractivity contribution is 6.12. The molecule has 1 aromatic heterocycles. The van der Waals surface area contributed by atoms with Crippen LogP contribution in [-0.4, -0.2) is 39.9 Å². The zero-order chi connectivity index (χ0) is 29.7. The Morgan fingerprint density at radius 1 is 1.00 bits per heavy atom. The molecule has 0 unspecified atom stereocenters. The molecule has 0 fully saturated rings. The van der Waals surface area contributed by atoms with Crippen molar-refractivity contribution in [3.8, 4) is 11.4 Å². The van der Waals surface area contributed by atoms with Crippen molar-refractivity contribution in [2.45, 2.75) is 52.8 Å². The summed E-state index contributed by atoms with van der Waals surface area (Å²) in [4.78, 5) is 45.2. The Morgan fingerprint density at radius 3 is 2.30 bits per heavy atom. The van der Waals surface area contributed by atoms with E-state index in [0.717, 1.165) is 12.1 Å². The molecule has 0 aliphatic heterocycles. The average molecular weight is 560 g/mol. The van der Waals surface area contributed by atoms with Gasteiger partial charge in [0.25, 0.3) is 0 Å². The molecule has 0 saturated carbocycles. The molecule has 40 heavy (non-hydrogen) atoms. The van der Waals surface area contributed by atoms with Crippen LogP contribution >= 0.6 is 0 Å². The molecule has 3 aromatic rings. The number of halogens is 3. The summed E-state index contributed by atoms with van der Waals surface area (Å²) in [5, 5.41) is 7.50. The molecule has 9 nitrogen and oxygen atoms in total. The van der Waals surface area contributed by atoms with Gasteiger partial charge >= 0.3 is 12.3 Å². The van der Waals surface area contributed by atoms with E-state index in [1.54, 1.807) is 51.4 Å². The van der Waals surface area contributed by atoms with Crippen molar-refractivity contribution in [2.75, 3.05) is 22.5 Å². The first-order valence-electron chi connectivity index (χ1n) is 12.5. The molecule has 0 bridgehead atoms. The molecule has 0 aliphatic rings. The van der Waals surface area contributed by atoms with E-state index in [-0.39, 0.29) is 35.1 Å². The fourth-order valence-corrected chi connectivity index (χ4v) is 3.62. The van der Waals surface area contributed by atoms with Crippen LogP contribution in [0.3, 0.4) is 0 Å². The summed E-state index contributed by atoms with van der Waals surface area (Å²) < 4.78 is 47.1. The van der Waals surface area contributed by atoms with Gasteiger partial charge in [-0.05, 0) is 44.9 Å². The summed E-state index contributed by atoms with van der Waals surface area (Å²) in [5.74, 6) is -0.863. The number of rotatable bonds is 9. The zero-order valence-corrected chi connectivity index (χ0v) is 22.8. The number of amides is 2. The molecule has 0 saturated heterocycles. The summed E-state index contributed by atoms with van der Waals surface area (Å²) in [6, 6.07) is 8.24. The summed E-state index contributed by atoms with van der Waals surface area (Å²) in [7, 11) is 0. The fourth-order valence-electron chi connectivity index (χ4n) is 3.62. The predicted molar refractivity (Wildman–Crippen MR) is 146 cm³/mol. The third kappa shape index (κ3) is 8.58. The smallest absolute Gasteiger partial charge is 0.418 e. The van der Waals surface area contributed by atoms with Gasteiger partial charge in [-0.25, -0.2) is 9.78 Å². The van der Waals surface area contributed by atoms with Gasteiger partial charge in [-0.15, -0.1) is 0 Å². The minimum atomic E-state index is -4.77. The molecular formula is C28H32F3N5O4. The Labute approximate surface area is 229 Å². The minimum absolute atomic E-state index is 0.0278. The number of nitrogens with one attached hydrogen (secondary N) is 4. The van der Waals surface area contributed by atoms with E-state index < -0.39 is 41.5 Å². The van der Waals surface area contributed by atoms with Crippen molar-refractivity contribution in [1.29, 1.82) is 0 Å². The number of nitrogens with zero attached hydrogens (tertiary/aromatic N) is 1. The highest BCUT2D eigenvalue weighted by atomic mass is 19.4. The maximum atomic E-state index is 14.0. The van der Waals surface area contributed by atoms with Crippen LogP contribution in [0, 0.1) is 5.92 Å². The first-order valence-corrected chi connectivity index (χ1v) is 12.5. The van der Waals surface area contributed by atoms with Crippen LogP contribution in [0.2, 0.25) is 0 Å². The van der Waals surface area contributed by atoms with Crippen molar-refractivity contribution in [2.24, 2.45) is 5.92 Å². The molecular weight excluding hydrogens is 527 g/mol. The second-order valence-electron chi connectivity index (χ2n) is 10.5. The van der Waals surface area contributed by atoms with Crippen molar-refractivity contribution in [3.63, 3.8) is 0 Å². The second-order valence-corrected chi connectivity index (χ2v) is 10.5. The molecule has 12 heteroatoms. The van der Waals surface area contributed by atoms with Crippen LogP contribution in [0.1, 0.15) is 57.0 Å². The molecule has 4 N–H and O–H groups in total. The fraction of sp³-hybridized carbons (Fsp3) is 0.357. The molecule has 0 spiro atoms. The Morgan fingerprint density at radius 2 is 1.70 bits per heavy atom. The van der Waals surface area contributed by atoms with Crippen molar-refractivity contribution < 1.29 is 32.3 Å². The topological polar surface area (TPSA) is 125 Å². The summed E-state index contributed by atoms with van der Waals surface area (Å²) in [5.41, 5.74) is -1.83. The number of benzene rings is 2. The van der Waals surface area contributed by atoms with Gasteiger partial charge in [0, 0.05) is 35.8 Å². The van der Waals surface area contributed by atoms with E-state index in [1.165, 1.54) is 6.07 Å². The highest BCUT2D eigenvalue weighted by Crippen LogP contribution is 2.40. The van der Waals surface area contributed by atoms with E-state index in [1.807, 2.05) is 13.8 Å². The molecule has 1 heterocycles. The van der Waals surface area contributed by atoms with Gasteiger partial charge in [0.2, 0.25) is 5.91 Å². The molecule has 2 amide bonds. The van der Waals surface area contributed by atoms with E-state index in [4.69, 9.17) is 4.74 Å². The summed E-state index contributed by atoms with van der Waals surface area (Å²) in [6.07, 6.45) is -3.17. The Balaban J connectivity index is 1.90. The van der Waals surface area contributed by atoms with E-state index >= 15 is 0 Å². The number of Topliss-reactive ketones (excluding diaryl/α,β-unsaturated/α-hetero) is 1. The molecule has 214 valence electrons. The van der Waals surface area contributed by atoms with Crippen LogP contribution in [0.15, 0.2) is 48.8 Å². The van der Waals surface area contributed by atoms with Gasteiger partial charge in [0.15, 0.2) is 5.78 Å². The number of alkyl halides is 3. The van der Waals surface area contributed by atoms with Gasteiger partial charge in [-0.1, -0.05) is 32.0 Å². The number of carbonyl (C=O) groups excluding carboxylic acids is 3. The van der Waals surface area contributed by atoms with Crippen LogP contribution in [0.5, 0.6) is 0 Å². The molecule has 0 atom stereocenters. The third-order valence-corrected chi connectivity index (χ3v) is 5.35. The quantitative estimate of drug-likeness (QED) is 0.170.